The minimum Gasteiger partial charge on any atom is -0.391 e. The third-order valence-electron chi connectivity index (χ3n) is 3.79. The van der Waals surface area contributed by atoms with Gasteiger partial charge in [0.05, 0.1) is 16.8 Å². The number of sulfone groups is 1. The quantitative estimate of drug-likeness (QED) is 0.649. The summed E-state index contributed by atoms with van der Waals surface area (Å²) in [5.41, 5.74) is 5.64. The lowest BCUT2D eigenvalue weighted by atomic mass is 10.1. The van der Waals surface area contributed by atoms with Crippen molar-refractivity contribution in [3.05, 3.63) is 30.1 Å². The van der Waals surface area contributed by atoms with Crippen LogP contribution in [0.2, 0.25) is 0 Å². The molecule has 0 spiro atoms. The smallest absolute Gasteiger partial charge is 0.223 e. The van der Waals surface area contributed by atoms with E-state index in [0.717, 1.165) is 12.1 Å². The highest BCUT2D eigenvalue weighted by Crippen LogP contribution is 2.24. The molecule has 0 radical (unpaired) electrons. The third kappa shape index (κ3) is 4.02. The van der Waals surface area contributed by atoms with Crippen LogP contribution in [-0.2, 0) is 14.6 Å². The molecule has 1 aromatic carbocycles. The number of carbonyl (C=O) groups excluding carboxylic acids is 1. The van der Waals surface area contributed by atoms with Crippen LogP contribution in [0.5, 0.6) is 0 Å². The second kappa shape index (κ2) is 6.72. The van der Waals surface area contributed by atoms with Crippen LogP contribution in [0.15, 0.2) is 29.2 Å². The zero-order valence-electron chi connectivity index (χ0n) is 11.9. The highest BCUT2D eigenvalue weighted by molar-refractivity contribution is 7.91. The van der Waals surface area contributed by atoms with Gasteiger partial charge < -0.3 is 16.2 Å². The molecule has 1 aromatic rings. The van der Waals surface area contributed by atoms with E-state index in [0.29, 0.717) is 6.42 Å². The van der Waals surface area contributed by atoms with Crippen LogP contribution in [0.4, 0.5) is 4.39 Å². The fraction of sp³-hybridized carbons (Fsp3) is 0.500. The lowest BCUT2D eigenvalue weighted by Gasteiger charge is -2.11. The minimum absolute atomic E-state index is 0.0152. The molecular formula is C14H19FN2O4S. The average Bonchev–Trinajstić information content (AvgIpc) is 2.79. The number of hydrogen-bond acceptors (Lipinski definition) is 5. The number of aliphatic hydroxyl groups excluding tert-OH is 1. The molecule has 1 amide bonds. The van der Waals surface area contributed by atoms with Crippen molar-refractivity contribution in [2.45, 2.75) is 29.9 Å². The van der Waals surface area contributed by atoms with E-state index < -0.39 is 33.7 Å². The van der Waals surface area contributed by atoms with E-state index in [-0.39, 0.29) is 29.5 Å². The molecule has 0 bridgehead atoms. The van der Waals surface area contributed by atoms with Gasteiger partial charge in [0.15, 0.2) is 9.84 Å². The number of halogens is 1. The largest absolute Gasteiger partial charge is 0.391 e. The molecule has 0 saturated heterocycles. The van der Waals surface area contributed by atoms with Crippen LogP contribution >= 0.6 is 0 Å². The summed E-state index contributed by atoms with van der Waals surface area (Å²) >= 11 is 0. The van der Waals surface area contributed by atoms with Crippen molar-refractivity contribution in [1.29, 1.82) is 0 Å². The fourth-order valence-corrected chi connectivity index (χ4v) is 3.63. The summed E-state index contributed by atoms with van der Waals surface area (Å²) in [7, 11) is -3.57. The van der Waals surface area contributed by atoms with Gasteiger partial charge in [-0.15, -0.1) is 0 Å². The van der Waals surface area contributed by atoms with Gasteiger partial charge in [0, 0.05) is 18.5 Å². The van der Waals surface area contributed by atoms with Crippen LogP contribution in [0.1, 0.15) is 12.8 Å². The Morgan fingerprint density at radius 2 is 1.95 bits per heavy atom. The number of benzene rings is 1. The fourth-order valence-electron chi connectivity index (χ4n) is 2.47. The summed E-state index contributed by atoms with van der Waals surface area (Å²) in [5.74, 6) is -1.48. The maximum Gasteiger partial charge on any atom is 0.223 e. The van der Waals surface area contributed by atoms with E-state index in [2.05, 4.69) is 5.32 Å². The van der Waals surface area contributed by atoms with Crippen LogP contribution < -0.4 is 11.1 Å². The first-order valence-electron chi connectivity index (χ1n) is 6.99. The van der Waals surface area contributed by atoms with E-state index in [9.17, 15) is 22.7 Å². The van der Waals surface area contributed by atoms with Crippen LogP contribution in [0.25, 0.3) is 0 Å². The van der Waals surface area contributed by atoms with Gasteiger partial charge in [-0.1, -0.05) is 0 Å². The lowest BCUT2D eigenvalue weighted by molar-refractivity contribution is -0.124. The summed E-state index contributed by atoms with van der Waals surface area (Å²) in [4.78, 5) is 11.9. The predicted molar refractivity (Wildman–Crippen MR) is 78.2 cm³/mol. The summed E-state index contributed by atoms with van der Waals surface area (Å²) in [5, 5.41) is 12.1. The van der Waals surface area contributed by atoms with Gasteiger partial charge >= 0.3 is 0 Å². The first-order valence-corrected chi connectivity index (χ1v) is 8.64. The number of rotatable bonds is 5. The van der Waals surface area contributed by atoms with Crippen LogP contribution in [0.3, 0.4) is 0 Å². The lowest BCUT2D eigenvalue weighted by Crippen LogP contribution is -2.34. The Hall–Kier alpha value is -1.51. The van der Waals surface area contributed by atoms with Crippen LogP contribution in [-0.4, -0.2) is 43.9 Å². The highest BCUT2D eigenvalue weighted by atomic mass is 32.2. The number of hydrogen-bond donors (Lipinski definition) is 3. The first-order chi connectivity index (χ1) is 10.3. The normalized spacial score (nSPS) is 25.1. The zero-order valence-corrected chi connectivity index (χ0v) is 12.7. The molecule has 0 aliphatic heterocycles. The summed E-state index contributed by atoms with van der Waals surface area (Å²) in [6, 6.07) is 4.12. The van der Waals surface area contributed by atoms with Gasteiger partial charge in [-0.2, -0.15) is 0 Å². The van der Waals surface area contributed by atoms with Crippen molar-refractivity contribution in [2.24, 2.45) is 11.7 Å². The van der Waals surface area contributed by atoms with Gasteiger partial charge in [0.1, 0.15) is 5.82 Å². The molecule has 122 valence electrons. The molecule has 1 aliphatic rings. The van der Waals surface area contributed by atoms with E-state index in [4.69, 9.17) is 5.73 Å². The Labute approximate surface area is 128 Å². The maximum atomic E-state index is 12.8. The zero-order chi connectivity index (χ0) is 16.3. The van der Waals surface area contributed by atoms with Gasteiger partial charge in [-0.05, 0) is 37.1 Å². The van der Waals surface area contributed by atoms with Crippen molar-refractivity contribution < 1.29 is 22.7 Å². The third-order valence-corrected chi connectivity index (χ3v) is 5.52. The van der Waals surface area contributed by atoms with Crippen LogP contribution in [0, 0.1) is 11.7 Å². The molecule has 0 aromatic heterocycles. The van der Waals surface area contributed by atoms with Gasteiger partial charge in [-0.3, -0.25) is 4.79 Å². The van der Waals surface area contributed by atoms with Crippen molar-refractivity contribution in [3.8, 4) is 0 Å². The molecule has 1 fully saturated rings. The second-order valence-corrected chi connectivity index (χ2v) is 7.57. The topological polar surface area (TPSA) is 109 Å². The van der Waals surface area contributed by atoms with E-state index in [1.54, 1.807) is 0 Å². The van der Waals surface area contributed by atoms with Crippen molar-refractivity contribution in [1.82, 2.24) is 5.32 Å². The standard InChI is InChI=1S/C14H19FN2O4S/c15-10-1-3-11(4-2-10)22(20,21)6-5-17-14(19)9-7-12(16)13(18)8-9/h1-4,9,12-13,18H,5-8,16H2,(H,17,19)/t9-,12+,13+/m0/s1. The molecule has 2 rings (SSSR count). The monoisotopic (exact) mass is 330 g/mol. The Morgan fingerprint density at radius 1 is 1.32 bits per heavy atom. The molecule has 1 aliphatic carbocycles. The summed E-state index contributed by atoms with van der Waals surface area (Å²) in [6.45, 7) is -0.0413. The number of nitrogens with two attached hydrogens (primary N) is 1. The van der Waals surface area contributed by atoms with Gasteiger partial charge in [-0.25, -0.2) is 12.8 Å². The molecule has 4 N–H and O–H groups in total. The molecule has 0 heterocycles. The van der Waals surface area contributed by atoms with Crippen molar-refractivity contribution in [2.75, 3.05) is 12.3 Å². The molecule has 22 heavy (non-hydrogen) atoms. The predicted octanol–water partition coefficient (Wildman–Crippen LogP) is -0.186. The van der Waals surface area contributed by atoms with Crippen molar-refractivity contribution in [3.63, 3.8) is 0 Å². The second-order valence-electron chi connectivity index (χ2n) is 5.46. The number of carbonyl (C=O) groups is 1. The first kappa shape index (κ1) is 16.9. The molecule has 1 saturated carbocycles. The maximum absolute atomic E-state index is 12.8. The van der Waals surface area contributed by atoms with E-state index >= 15 is 0 Å². The Bertz CT molecular complexity index is 623. The molecule has 6 nitrogen and oxygen atoms in total. The SMILES string of the molecule is N[C@@H]1C[C@H](C(=O)NCCS(=O)(=O)c2ccc(F)cc2)C[C@H]1O. The number of nitrogens with one attached hydrogen (secondary N) is 1. The van der Waals surface area contributed by atoms with Gasteiger partial charge in [0.2, 0.25) is 5.91 Å². The van der Waals surface area contributed by atoms with E-state index in [1.807, 2.05) is 0 Å². The summed E-state index contributed by atoms with van der Waals surface area (Å²) < 4.78 is 36.8. The highest BCUT2D eigenvalue weighted by Gasteiger charge is 2.34. The molecule has 3 atom stereocenters. The Morgan fingerprint density at radius 3 is 2.50 bits per heavy atom. The molecule has 8 heteroatoms. The number of aliphatic hydroxyl groups is 1. The van der Waals surface area contributed by atoms with E-state index in [1.165, 1.54) is 12.1 Å². The molecular weight excluding hydrogens is 311 g/mol. The minimum atomic E-state index is -3.57. The molecule has 0 unspecified atom stereocenters. The average molecular weight is 330 g/mol. The Balaban J connectivity index is 1.85. The summed E-state index contributed by atoms with van der Waals surface area (Å²) in [6.07, 6.45) is -0.0196. The van der Waals surface area contributed by atoms with Gasteiger partial charge in [0.25, 0.3) is 0 Å². The van der Waals surface area contributed by atoms with Crippen molar-refractivity contribution >= 4 is 15.7 Å². The number of amides is 1. The Kier molecular flexibility index (Phi) is 5.15.